The Hall–Kier alpha value is -1.63. The second-order valence-electron chi connectivity index (χ2n) is 8.54. The van der Waals surface area contributed by atoms with Gasteiger partial charge >= 0.3 is 0 Å². The van der Waals surface area contributed by atoms with Crippen LogP contribution >= 0.6 is 0 Å². The molecule has 1 aliphatic carbocycles. The first-order chi connectivity index (χ1) is 13.3. The zero-order valence-corrected chi connectivity index (χ0v) is 17.4. The predicted octanol–water partition coefficient (Wildman–Crippen LogP) is 7.63. The van der Waals surface area contributed by atoms with E-state index in [0.29, 0.717) is 0 Å². The van der Waals surface area contributed by atoms with E-state index in [4.69, 9.17) is 0 Å². The van der Waals surface area contributed by atoms with E-state index in [2.05, 4.69) is 55.2 Å². The summed E-state index contributed by atoms with van der Waals surface area (Å²) in [4.78, 5) is 4.61. The molecule has 3 rings (SSSR count). The SMILES string of the molecule is CCCCCC1CCCC(CCc2ccc(-c3ccc(CC)cn3)cc2)C1. The lowest BCUT2D eigenvalue weighted by Crippen LogP contribution is -2.16. The summed E-state index contributed by atoms with van der Waals surface area (Å²) in [5.41, 5.74) is 5.10. The van der Waals surface area contributed by atoms with Crippen LogP contribution in [0.3, 0.4) is 0 Å². The van der Waals surface area contributed by atoms with E-state index in [1.807, 2.05) is 6.20 Å². The molecule has 0 radical (unpaired) electrons. The molecular formula is C26H37N. The van der Waals surface area contributed by atoms with Crippen molar-refractivity contribution in [1.29, 1.82) is 0 Å². The minimum Gasteiger partial charge on any atom is -0.256 e. The molecular weight excluding hydrogens is 326 g/mol. The van der Waals surface area contributed by atoms with Crippen LogP contribution in [0.2, 0.25) is 0 Å². The Morgan fingerprint density at radius 3 is 2.26 bits per heavy atom. The van der Waals surface area contributed by atoms with Gasteiger partial charge in [-0.2, -0.15) is 0 Å². The molecule has 0 spiro atoms. The van der Waals surface area contributed by atoms with E-state index >= 15 is 0 Å². The van der Waals surface area contributed by atoms with Crippen LogP contribution in [0, 0.1) is 11.8 Å². The number of hydrogen-bond acceptors (Lipinski definition) is 1. The van der Waals surface area contributed by atoms with Gasteiger partial charge in [-0.3, -0.25) is 4.98 Å². The Morgan fingerprint density at radius 1 is 0.852 bits per heavy atom. The minimum atomic E-state index is 0.952. The fraction of sp³-hybridized carbons (Fsp3) is 0.577. The minimum absolute atomic E-state index is 0.952. The summed E-state index contributed by atoms with van der Waals surface area (Å²) < 4.78 is 0. The Labute approximate surface area is 166 Å². The molecule has 0 amide bonds. The van der Waals surface area contributed by atoms with Crippen molar-refractivity contribution in [1.82, 2.24) is 4.98 Å². The quantitative estimate of drug-likeness (QED) is 0.417. The first-order valence-corrected chi connectivity index (χ1v) is 11.3. The van der Waals surface area contributed by atoms with Crippen molar-refractivity contribution in [2.45, 2.75) is 84.5 Å². The molecule has 1 heteroatoms. The number of nitrogens with zero attached hydrogens (tertiary/aromatic N) is 1. The average molecular weight is 364 g/mol. The van der Waals surface area contributed by atoms with Crippen LogP contribution in [-0.4, -0.2) is 4.98 Å². The van der Waals surface area contributed by atoms with Gasteiger partial charge in [0, 0.05) is 11.8 Å². The predicted molar refractivity (Wildman–Crippen MR) is 117 cm³/mol. The molecule has 2 unspecified atom stereocenters. The molecule has 1 aliphatic rings. The summed E-state index contributed by atoms with van der Waals surface area (Å²) in [5, 5.41) is 0. The first kappa shape index (κ1) is 20.1. The highest BCUT2D eigenvalue weighted by molar-refractivity contribution is 5.59. The molecule has 1 heterocycles. The van der Waals surface area contributed by atoms with Gasteiger partial charge in [0.15, 0.2) is 0 Å². The number of unbranched alkanes of at least 4 members (excludes halogenated alkanes) is 2. The van der Waals surface area contributed by atoms with Crippen molar-refractivity contribution < 1.29 is 0 Å². The number of aryl methyl sites for hydroxylation is 2. The molecule has 0 saturated heterocycles. The maximum atomic E-state index is 4.61. The van der Waals surface area contributed by atoms with Crippen LogP contribution in [-0.2, 0) is 12.8 Å². The Morgan fingerprint density at radius 2 is 1.59 bits per heavy atom. The van der Waals surface area contributed by atoms with E-state index in [0.717, 1.165) is 24.0 Å². The monoisotopic (exact) mass is 363 g/mol. The zero-order chi connectivity index (χ0) is 18.9. The molecule has 0 aliphatic heterocycles. The summed E-state index contributed by atoms with van der Waals surface area (Å²) in [6.45, 7) is 4.48. The number of hydrogen-bond donors (Lipinski definition) is 0. The fourth-order valence-corrected chi connectivity index (χ4v) is 4.63. The molecule has 146 valence electrons. The zero-order valence-electron chi connectivity index (χ0n) is 17.4. The van der Waals surface area contributed by atoms with Crippen LogP contribution in [0.1, 0.15) is 82.8 Å². The molecule has 0 bridgehead atoms. The lowest BCUT2D eigenvalue weighted by atomic mass is 9.77. The summed E-state index contributed by atoms with van der Waals surface area (Å²) in [7, 11) is 0. The average Bonchev–Trinajstić information content (AvgIpc) is 2.73. The van der Waals surface area contributed by atoms with Gasteiger partial charge < -0.3 is 0 Å². The van der Waals surface area contributed by atoms with E-state index < -0.39 is 0 Å². The maximum absolute atomic E-state index is 4.61. The highest BCUT2D eigenvalue weighted by atomic mass is 14.7. The largest absolute Gasteiger partial charge is 0.256 e. The van der Waals surface area contributed by atoms with Gasteiger partial charge in [0.25, 0.3) is 0 Å². The molecule has 27 heavy (non-hydrogen) atoms. The second kappa shape index (κ2) is 10.6. The van der Waals surface area contributed by atoms with Crippen LogP contribution < -0.4 is 0 Å². The van der Waals surface area contributed by atoms with Gasteiger partial charge in [0.1, 0.15) is 0 Å². The van der Waals surface area contributed by atoms with Crippen LogP contribution in [0.5, 0.6) is 0 Å². The van der Waals surface area contributed by atoms with Crippen LogP contribution in [0.4, 0.5) is 0 Å². The fourth-order valence-electron chi connectivity index (χ4n) is 4.63. The molecule has 0 N–H and O–H groups in total. The maximum Gasteiger partial charge on any atom is 0.0702 e. The van der Waals surface area contributed by atoms with Crippen molar-refractivity contribution in [3.63, 3.8) is 0 Å². The highest BCUT2D eigenvalue weighted by Crippen LogP contribution is 2.34. The van der Waals surface area contributed by atoms with Gasteiger partial charge in [0.2, 0.25) is 0 Å². The molecule has 1 aromatic heterocycles. The summed E-state index contributed by atoms with van der Waals surface area (Å²) >= 11 is 0. The number of pyridine rings is 1. The third-order valence-corrected chi connectivity index (χ3v) is 6.43. The molecule has 2 aromatic rings. The molecule has 1 fully saturated rings. The first-order valence-electron chi connectivity index (χ1n) is 11.3. The number of benzene rings is 1. The van der Waals surface area contributed by atoms with E-state index in [-0.39, 0.29) is 0 Å². The van der Waals surface area contributed by atoms with Crippen molar-refractivity contribution in [3.8, 4) is 11.3 Å². The van der Waals surface area contributed by atoms with Crippen LogP contribution in [0.15, 0.2) is 42.6 Å². The van der Waals surface area contributed by atoms with E-state index in [9.17, 15) is 0 Å². The molecule has 1 nitrogen and oxygen atoms in total. The Kier molecular flexibility index (Phi) is 7.93. The topological polar surface area (TPSA) is 12.9 Å². The Balaban J connectivity index is 1.48. The highest BCUT2D eigenvalue weighted by Gasteiger charge is 2.21. The van der Waals surface area contributed by atoms with Gasteiger partial charge in [-0.05, 0) is 54.7 Å². The van der Waals surface area contributed by atoms with Gasteiger partial charge in [-0.25, -0.2) is 0 Å². The van der Waals surface area contributed by atoms with Gasteiger partial charge in [-0.15, -0.1) is 0 Å². The van der Waals surface area contributed by atoms with Crippen LogP contribution in [0.25, 0.3) is 11.3 Å². The summed E-state index contributed by atoms with van der Waals surface area (Å²) in [6.07, 6.45) is 17.2. The van der Waals surface area contributed by atoms with E-state index in [1.54, 1.807) is 0 Å². The van der Waals surface area contributed by atoms with E-state index in [1.165, 1.54) is 80.9 Å². The van der Waals surface area contributed by atoms with Gasteiger partial charge in [-0.1, -0.05) is 89.1 Å². The smallest absolute Gasteiger partial charge is 0.0702 e. The Bertz CT molecular complexity index is 656. The lowest BCUT2D eigenvalue weighted by Gasteiger charge is -2.29. The van der Waals surface area contributed by atoms with Gasteiger partial charge in [0.05, 0.1) is 5.69 Å². The second-order valence-corrected chi connectivity index (χ2v) is 8.54. The van der Waals surface area contributed by atoms with Crippen molar-refractivity contribution >= 4 is 0 Å². The molecule has 2 atom stereocenters. The van der Waals surface area contributed by atoms with Crippen molar-refractivity contribution in [2.24, 2.45) is 11.8 Å². The third-order valence-electron chi connectivity index (χ3n) is 6.43. The van der Waals surface area contributed by atoms with Crippen molar-refractivity contribution in [2.75, 3.05) is 0 Å². The molecule has 1 saturated carbocycles. The standard InChI is InChI=1S/C26H37N/c1-3-5-6-8-23-9-7-10-24(19-23)12-11-22-13-16-25(17-14-22)26-18-15-21(4-2)20-27-26/h13-18,20,23-24H,3-12,19H2,1-2H3. The normalized spacial score (nSPS) is 19.9. The summed E-state index contributed by atoms with van der Waals surface area (Å²) in [5.74, 6) is 1.96. The van der Waals surface area contributed by atoms with Crippen molar-refractivity contribution in [3.05, 3.63) is 53.7 Å². The lowest BCUT2D eigenvalue weighted by molar-refractivity contribution is 0.240. The third kappa shape index (κ3) is 6.19. The summed E-state index contributed by atoms with van der Waals surface area (Å²) in [6, 6.07) is 13.5. The molecule has 1 aromatic carbocycles. The number of aromatic nitrogens is 1. The number of rotatable bonds is 9.